The van der Waals surface area contributed by atoms with Crippen LogP contribution in [-0.4, -0.2) is 80.2 Å². The van der Waals surface area contributed by atoms with Crippen LogP contribution in [0.15, 0.2) is 54.6 Å². The highest BCUT2D eigenvalue weighted by molar-refractivity contribution is 5.83. The Morgan fingerprint density at radius 3 is 2.23 bits per heavy atom. The van der Waals surface area contributed by atoms with E-state index in [1.165, 1.54) is 5.56 Å². The molecular formula is C24H31N3O3. The van der Waals surface area contributed by atoms with Crippen LogP contribution >= 0.6 is 0 Å². The Kier molecular flexibility index (Phi) is 7.00. The van der Waals surface area contributed by atoms with Crippen molar-refractivity contribution in [3.8, 4) is 5.75 Å². The summed E-state index contributed by atoms with van der Waals surface area (Å²) >= 11 is 0. The summed E-state index contributed by atoms with van der Waals surface area (Å²) in [5.74, 6) is 1.09. The lowest BCUT2D eigenvalue weighted by Gasteiger charge is -2.41. The summed E-state index contributed by atoms with van der Waals surface area (Å²) in [6, 6.07) is 18.3. The van der Waals surface area contributed by atoms with Crippen LogP contribution in [-0.2, 0) is 16.1 Å². The fourth-order valence-corrected chi connectivity index (χ4v) is 4.27. The summed E-state index contributed by atoms with van der Waals surface area (Å²) in [7, 11) is 1.69. The molecule has 2 saturated heterocycles. The lowest BCUT2D eigenvalue weighted by molar-refractivity contribution is -0.142. The molecular weight excluding hydrogens is 378 g/mol. The van der Waals surface area contributed by atoms with Gasteiger partial charge in [0.2, 0.25) is 5.91 Å². The minimum Gasteiger partial charge on any atom is -0.497 e. The first-order valence-corrected chi connectivity index (χ1v) is 10.8. The van der Waals surface area contributed by atoms with Crippen molar-refractivity contribution in [3.05, 3.63) is 65.7 Å². The number of benzene rings is 2. The molecule has 2 aromatic rings. The van der Waals surface area contributed by atoms with E-state index in [1.54, 1.807) is 7.11 Å². The summed E-state index contributed by atoms with van der Waals surface area (Å²) in [6.07, 6.45) is 0. The van der Waals surface area contributed by atoms with Gasteiger partial charge in [-0.05, 0) is 23.3 Å². The molecule has 0 saturated carbocycles. The third kappa shape index (κ3) is 5.01. The molecule has 2 fully saturated rings. The predicted octanol–water partition coefficient (Wildman–Crippen LogP) is 2.41. The molecule has 0 radical (unpaired) electrons. The second kappa shape index (κ2) is 10.1. The molecule has 6 nitrogen and oxygen atoms in total. The zero-order valence-electron chi connectivity index (χ0n) is 17.7. The number of hydrogen-bond acceptors (Lipinski definition) is 5. The van der Waals surface area contributed by atoms with Gasteiger partial charge in [-0.3, -0.25) is 14.6 Å². The van der Waals surface area contributed by atoms with Gasteiger partial charge in [0.15, 0.2) is 0 Å². The molecule has 0 spiro atoms. The highest BCUT2D eigenvalue weighted by Gasteiger charge is 2.33. The van der Waals surface area contributed by atoms with Crippen LogP contribution in [0.4, 0.5) is 0 Å². The number of carbonyl (C=O) groups excluding carboxylic acids is 1. The Morgan fingerprint density at radius 2 is 1.60 bits per heavy atom. The van der Waals surface area contributed by atoms with E-state index in [0.717, 1.165) is 44.0 Å². The van der Waals surface area contributed by atoms with Gasteiger partial charge in [-0.2, -0.15) is 0 Å². The van der Waals surface area contributed by atoms with Gasteiger partial charge >= 0.3 is 0 Å². The highest BCUT2D eigenvalue weighted by Crippen LogP contribution is 2.26. The van der Waals surface area contributed by atoms with Crippen LogP contribution in [0.3, 0.4) is 0 Å². The molecule has 0 unspecified atom stereocenters. The third-order valence-electron chi connectivity index (χ3n) is 6.01. The Hall–Kier alpha value is -2.41. The minimum atomic E-state index is -0.215. The van der Waals surface area contributed by atoms with Gasteiger partial charge in [0.1, 0.15) is 11.8 Å². The number of amides is 1. The first-order chi connectivity index (χ1) is 14.7. The number of nitrogens with zero attached hydrogens (tertiary/aromatic N) is 3. The van der Waals surface area contributed by atoms with E-state index in [1.807, 2.05) is 35.2 Å². The predicted molar refractivity (Wildman–Crippen MR) is 116 cm³/mol. The number of rotatable bonds is 6. The number of hydrogen-bond donors (Lipinski definition) is 0. The Balaban J connectivity index is 1.41. The second-order valence-corrected chi connectivity index (χ2v) is 7.91. The van der Waals surface area contributed by atoms with Gasteiger partial charge in [0.25, 0.3) is 0 Å². The first-order valence-electron chi connectivity index (χ1n) is 10.8. The molecule has 2 heterocycles. The van der Waals surface area contributed by atoms with Crippen molar-refractivity contribution in [1.29, 1.82) is 0 Å². The molecule has 1 amide bonds. The molecule has 4 rings (SSSR count). The third-order valence-corrected chi connectivity index (χ3v) is 6.01. The molecule has 6 heteroatoms. The molecule has 2 aliphatic rings. The van der Waals surface area contributed by atoms with Crippen LogP contribution in [0.1, 0.15) is 17.2 Å². The monoisotopic (exact) mass is 409 g/mol. The summed E-state index contributed by atoms with van der Waals surface area (Å²) in [5.41, 5.74) is 2.37. The van der Waals surface area contributed by atoms with E-state index in [2.05, 4.69) is 34.1 Å². The van der Waals surface area contributed by atoms with Crippen molar-refractivity contribution in [3.63, 3.8) is 0 Å². The molecule has 160 valence electrons. The molecule has 0 aromatic heterocycles. The van der Waals surface area contributed by atoms with E-state index in [0.29, 0.717) is 26.3 Å². The topological polar surface area (TPSA) is 45.2 Å². The van der Waals surface area contributed by atoms with E-state index in [9.17, 15) is 4.79 Å². The zero-order chi connectivity index (χ0) is 20.8. The minimum absolute atomic E-state index is 0.202. The van der Waals surface area contributed by atoms with Crippen molar-refractivity contribution in [2.45, 2.75) is 12.6 Å². The average molecular weight is 410 g/mol. The molecule has 2 aliphatic heterocycles. The van der Waals surface area contributed by atoms with Gasteiger partial charge in [-0.15, -0.1) is 0 Å². The molecule has 0 N–H and O–H groups in total. The number of methoxy groups -OCH3 is 1. The van der Waals surface area contributed by atoms with Crippen LogP contribution in [0.5, 0.6) is 5.75 Å². The van der Waals surface area contributed by atoms with Crippen molar-refractivity contribution < 1.29 is 14.3 Å². The van der Waals surface area contributed by atoms with Crippen molar-refractivity contribution in [2.24, 2.45) is 0 Å². The first kappa shape index (κ1) is 20.8. The fraction of sp³-hybridized carbons (Fsp3) is 0.458. The molecule has 1 atom stereocenters. The normalized spacial score (nSPS) is 19.4. The molecule has 0 aliphatic carbocycles. The maximum Gasteiger partial charge on any atom is 0.244 e. The summed E-state index contributed by atoms with van der Waals surface area (Å²) in [6.45, 7) is 7.20. The number of ether oxygens (including phenoxy) is 2. The maximum atomic E-state index is 13.4. The summed E-state index contributed by atoms with van der Waals surface area (Å²) in [5, 5.41) is 0. The smallest absolute Gasteiger partial charge is 0.244 e. The largest absolute Gasteiger partial charge is 0.497 e. The lowest BCUT2D eigenvalue weighted by Crippen LogP contribution is -2.52. The fourth-order valence-electron chi connectivity index (χ4n) is 4.27. The molecule has 0 bridgehead atoms. The Bertz CT molecular complexity index is 798. The van der Waals surface area contributed by atoms with Crippen molar-refractivity contribution >= 4 is 5.91 Å². The quantitative estimate of drug-likeness (QED) is 0.733. The van der Waals surface area contributed by atoms with Gasteiger partial charge in [0, 0.05) is 45.8 Å². The van der Waals surface area contributed by atoms with E-state index in [4.69, 9.17) is 9.47 Å². The van der Waals surface area contributed by atoms with E-state index < -0.39 is 0 Å². The highest BCUT2D eigenvalue weighted by atomic mass is 16.5. The van der Waals surface area contributed by atoms with Gasteiger partial charge in [0.05, 0.1) is 20.3 Å². The molecule has 30 heavy (non-hydrogen) atoms. The Morgan fingerprint density at radius 1 is 0.933 bits per heavy atom. The summed E-state index contributed by atoms with van der Waals surface area (Å²) in [4.78, 5) is 20.2. The molecule has 2 aromatic carbocycles. The van der Waals surface area contributed by atoms with Gasteiger partial charge in [-0.1, -0.05) is 42.5 Å². The maximum absolute atomic E-state index is 13.4. The van der Waals surface area contributed by atoms with Crippen LogP contribution < -0.4 is 4.74 Å². The van der Waals surface area contributed by atoms with E-state index in [-0.39, 0.29) is 11.9 Å². The standard InChI is InChI=1S/C24H31N3O3/c1-29-22-9-7-20(8-10-22)19-25-11-13-26(14-12-25)23(21-5-3-2-4-6-21)24(28)27-15-17-30-18-16-27/h2-10,23H,11-19H2,1H3/t23-/m0/s1. The average Bonchev–Trinajstić information content (AvgIpc) is 2.82. The van der Waals surface area contributed by atoms with E-state index >= 15 is 0 Å². The van der Waals surface area contributed by atoms with Crippen molar-refractivity contribution in [2.75, 3.05) is 59.6 Å². The zero-order valence-corrected chi connectivity index (χ0v) is 17.7. The second-order valence-electron chi connectivity index (χ2n) is 7.91. The van der Waals surface area contributed by atoms with Crippen molar-refractivity contribution in [1.82, 2.24) is 14.7 Å². The number of morpholine rings is 1. The van der Waals surface area contributed by atoms with Gasteiger partial charge < -0.3 is 14.4 Å². The van der Waals surface area contributed by atoms with Crippen LogP contribution in [0, 0.1) is 0 Å². The Labute approximate surface area is 179 Å². The van der Waals surface area contributed by atoms with Crippen LogP contribution in [0.25, 0.3) is 0 Å². The van der Waals surface area contributed by atoms with Crippen LogP contribution in [0.2, 0.25) is 0 Å². The summed E-state index contributed by atoms with van der Waals surface area (Å²) < 4.78 is 10.7. The number of piperazine rings is 1. The van der Waals surface area contributed by atoms with Gasteiger partial charge in [-0.25, -0.2) is 0 Å². The lowest BCUT2D eigenvalue weighted by atomic mass is 10.0. The SMILES string of the molecule is COc1ccc(CN2CCN([C@H](C(=O)N3CCOCC3)c3ccccc3)CC2)cc1. The number of carbonyl (C=O) groups is 1.